The zero-order chi connectivity index (χ0) is 20.8. The van der Waals surface area contributed by atoms with Gasteiger partial charge in [0.05, 0.1) is 12.6 Å². The van der Waals surface area contributed by atoms with Crippen LogP contribution < -0.4 is 15.5 Å². The summed E-state index contributed by atoms with van der Waals surface area (Å²) in [6, 6.07) is 6.66. The molecule has 2 amide bonds. The minimum absolute atomic E-state index is 0.0515. The van der Waals surface area contributed by atoms with Crippen LogP contribution in [-0.4, -0.2) is 95.2 Å². The smallest absolute Gasteiger partial charge is 0.309 e. The highest BCUT2D eigenvalue weighted by molar-refractivity contribution is 6.35. The monoisotopic (exact) mass is 403 g/mol. The number of likely N-dealkylation sites (N-methyl/N-ethyl adjacent to an activating group) is 2. The van der Waals surface area contributed by atoms with Gasteiger partial charge in [-0.1, -0.05) is 12.1 Å². The van der Waals surface area contributed by atoms with E-state index in [9.17, 15) is 9.59 Å². The zero-order valence-electron chi connectivity index (χ0n) is 17.7. The molecule has 29 heavy (non-hydrogen) atoms. The van der Waals surface area contributed by atoms with Gasteiger partial charge in [0.2, 0.25) is 0 Å². The highest BCUT2D eigenvalue weighted by Gasteiger charge is 2.27. The molecule has 2 N–H and O–H groups in total. The van der Waals surface area contributed by atoms with Crippen LogP contribution in [0.3, 0.4) is 0 Å². The van der Waals surface area contributed by atoms with Crippen LogP contribution >= 0.6 is 0 Å². The maximum atomic E-state index is 12.2. The van der Waals surface area contributed by atoms with Crippen molar-refractivity contribution in [1.82, 2.24) is 20.4 Å². The molecule has 8 heteroatoms. The molecule has 2 aliphatic heterocycles. The predicted molar refractivity (Wildman–Crippen MR) is 113 cm³/mol. The number of nitrogens with zero attached hydrogens (tertiary/aromatic N) is 3. The van der Waals surface area contributed by atoms with Crippen LogP contribution in [0.4, 0.5) is 5.69 Å². The lowest BCUT2D eigenvalue weighted by Gasteiger charge is -2.38. The van der Waals surface area contributed by atoms with Crippen molar-refractivity contribution in [2.45, 2.75) is 12.5 Å². The van der Waals surface area contributed by atoms with E-state index in [0.29, 0.717) is 19.7 Å². The van der Waals surface area contributed by atoms with Gasteiger partial charge in [0.25, 0.3) is 0 Å². The molecule has 1 aromatic rings. The Bertz CT molecular complexity index is 718. The second-order valence-corrected chi connectivity index (χ2v) is 7.87. The summed E-state index contributed by atoms with van der Waals surface area (Å²) in [5.41, 5.74) is 3.84. The molecular formula is C21H33N5O3. The van der Waals surface area contributed by atoms with Gasteiger partial charge in [-0.25, -0.2) is 0 Å². The number of hydrogen-bond donors (Lipinski definition) is 2. The fourth-order valence-corrected chi connectivity index (χ4v) is 4.00. The summed E-state index contributed by atoms with van der Waals surface area (Å²) in [4.78, 5) is 31.2. The summed E-state index contributed by atoms with van der Waals surface area (Å²) >= 11 is 0. The highest BCUT2D eigenvalue weighted by Crippen LogP contribution is 2.31. The fraction of sp³-hybridized carbons (Fsp3) is 0.619. The topological polar surface area (TPSA) is 77.1 Å². The molecule has 3 rings (SSSR count). The van der Waals surface area contributed by atoms with Crippen molar-refractivity contribution < 1.29 is 14.3 Å². The Morgan fingerprint density at radius 1 is 1.07 bits per heavy atom. The van der Waals surface area contributed by atoms with Crippen LogP contribution in [0.5, 0.6) is 0 Å². The standard InChI is InChI=1S/C21H33N5O3/c1-24-9-11-26(12-10-24)19(15-23-21(28)20(27)22-7-13-29-3)16-4-5-18-17(14-16)6-8-25(18)2/h4-5,14,19H,6-13,15H2,1-3H3,(H,22,27)(H,23,28)/t19-/m1/s1. The van der Waals surface area contributed by atoms with Gasteiger partial charge in [-0.15, -0.1) is 0 Å². The summed E-state index contributed by atoms with van der Waals surface area (Å²) in [6.07, 6.45) is 1.05. The summed E-state index contributed by atoms with van der Waals surface area (Å²) in [5, 5.41) is 5.40. The van der Waals surface area contributed by atoms with E-state index in [-0.39, 0.29) is 6.04 Å². The van der Waals surface area contributed by atoms with E-state index in [4.69, 9.17) is 4.74 Å². The van der Waals surface area contributed by atoms with Gasteiger partial charge < -0.3 is 25.2 Å². The molecular weight excluding hydrogens is 370 g/mol. The van der Waals surface area contributed by atoms with Crippen LogP contribution in [0.25, 0.3) is 0 Å². The second kappa shape index (κ2) is 10.0. The lowest BCUT2D eigenvalue weighted by molar-refractivity contribution is -0.139. The molecule has 1 atom stereocenters. The van der Waals surface area contributed by atoms with E-state index in [2.05, 4.69) is 57.6 Å². The van der Waals surface area contributed by atoms with E-state index in [0.717, 1.165) is 39.1 Å². The van der Waals surface area contributed by atoms with E-state index in [1.165, 1.54) is 16.8 Å². The minimum atomic E-state index is -0.616. The third-order valence-electron chi connectivity index (χ3n) is 5.85. The number of anilines is 1. The first kappa shape index (κ1) is 21.5. The van der Waals surface area contributed by atoms with E-state index in [1.807, 2.05) is 0 Å². The van der Waals surface area contributed by atoms with Crippen LogP contribution in [0, 0.1) is 0 Å². The van der Waals surface area contributed by atoms with E-state index < -0.39 is 11.8 Å². The Labute approximate surface area is 173 Å². The van der Waals surface area contributed by atoms with Crippen LogP contribution in [0.2, 0.25) is 0 Å². The largest absolute Gasteiger partial charge is 0.383 e. The summed E-state index contributed by atoms with van der Waals surface area (Å²) < 4.78 is 4.90. The van der Waals surface area contributed by atoms with Gasteiger partial charge in [0.15, 0.2) is 0 Å². The van der Waals surface area contributed by atoms with E-state index >= 15 is 0 Å². The first-order valence-corrected chi connectivity index (χ1v) is 10.3. The number of piperazine rings is 1. The Morgan fingerprint density at radius 2 is 1.79 bits per heavy atom. The molecule has 0 aliphatic carbocycles. The summed E-state index contributed by atoms with van der Waals surface area (Å²) in [7, 11) is 5.80. The SMILES string of the molecule is COCCNC(=O)C(=O)NC[C@H](c1ccc2c(c1)CCN2C)N1CCN(C)CC1. The van der Waals surface area contributed by atoms with Gasteiger partial charge in [-0.2, -0.15) is 0 Å². The highest BCUT2D eigenvalue weighted by atomic mass is 16.5. The molecule has 0 saturated carbocycles. The molecule has 1 aromatic carbocycles. The van der Waals surface area contributed by atoms with Gasteiger partial charge in [-0.05, 0) is 30.7 Å². The average molecular weight is 404 g/mol. The molecule has 0 aromatic heterocycles. The van der Waals surface area contributed by atoms with Crippen molar-refractivity contribution in [3.8, 4) is 0 Å². The second-order valence-electron chi connectivity index (χ2n) is 7.87. The molecule has 0 bridgehead atoms. The number of amides is 2. The molecule has 1 saturated heterocycles. The number of rotatable bonds is 7. The first-order valence-electron chi connectivity index (χ1n) is 10.3. The third-order valence-corrected chi connectivity index (χ3v) is 5.85. The quantitative estimate of drug-likeness (QED) is 0.487. The molecule has 160 valence electrons. The Morgan fingerprint density at radius 3 is 2.52 bits per heavy atom. The normalized spacial score (nSPS) is 18.4. The summed E-state index contributed by atoms with van der Waals surface area (Å²) in [5.74, 6) is -1.21. The van der Waals surface area contributed by atoms with Gasteiger partial charge >= 0.3 is 11.8 Å². The lowest BCUT2D eigenvalue weighted by atomic mass is 10.00. The molecule has 0 spiro atoms. The minimum Gasteiger partial charge on any atom is -0.383 e. The van der Waals surface area contributed by atoms with Crippen molar-refractivity contribution in [3.63, 3.8) is 0 Å². The van der Waals surface area contributed by atoms with Gasteiger partial charge in [0, 0.05) is 65.7 Å². The van der Waals surface area contributed by atoms with Crippen molar-refractivity contribution in [2.24, 2.45) is 0 Å². The first-order chi connectivity index (χ1) is 14.0. The fourth-order valence-electron chi connectivity index (χ4n) is 4.00. The number of ether oxygens (including phenoxy) is 1. The van der Waals surface area contributed by atoms with Gasteiger partial charge in [-0.3, -0.25) is 14.5 Å². The Kier molecular flexibility index (Phi) is 7.46. The lowest BCUT2D eigenvalue weighted by Crippen LogP contribution is -2.50. The maximum absolute atomic E-state index is 12.2. The number of nitrogens with one attached hydrogen (secondary N) is 2. The number of hydrogen-bond acceptors (Lipinski definition) is 6. The van der Waals surface area contributed by atoms with Crippen molar-refractivity contribution in [2.75, 3.05) is 78.5 Å². The molecule has 1 fully saturated rings. The third kappa shape index (κ3) is 5.46. The predicted octanol–water partition coefficient (Wildman–Crippen LogP) is -0.154. The zero-order valence-corrected chi connectivity index (χ0v) is 17.7. The van der Waals surface area contributed by atoms with Crippen molar-refractivity contribution >= 4 is 17.5 Å². The Balaban J connectivity index is 1.69. The summed E-state index contributed by atoms with van der Waals surface area (Å²) in [6.45, 7) is 6.02. The van der Waals surface area contributed by atoms with Crippen LogP contribution in [0.1, 0.15) is 17.2 Å². The van der Waals surface area contributed by atoms with Crippen LogP contribution in [-0.2, 0) is 20.7 Å². The Hall–Kier alpha value is -2.16. The number of fused-ring (bicyclic) bond motifs is 1. The van der Waals surface area contributed by atoms with E-state index in [1.54, 1.807) is 7.11 Å². The van der Waals surface area contributed by atoms with Crippen molar-refractivity contribution in [1.29, 1.82) is 0 Å². The molecule has 8 nitrogen and oxygen atoms in total. The molecule has 0 unspecified atom stereocenters. The van der Waals surface area contributed by atoms with Gasteiger partial charge in [0.1, 0.15) is 0 Å². The molecule has 0 radical (unpaired) electrons. The average Bonchev–Trinajstić information content (AvgIpc) is 3.09. The number of benzene rings is 1. The number of carbonyl (C=O) groups excluding carboxylic acids is 2. The molecule has 2 aliphatic rings. The number of methoxy groups -OCH3 is 1. The number of carbonyl (C=O) groups is 2. The maximum Gasteiger partial charge on any atom is 0.309 e. The molecule has 2 heterocycles. The van der Waals surface area contributed by atoms with Crippen LogP contribution in [0.15, 0.2) is 18.2 Å². The van der Waals surface area contributed by atoms with Crippen molar-refractivity contribution in [3.05, 3.63) is 29.3 Å².